The maximum absolute atomic E-state index is 14.8. The normalized spacial score (nSPS) is 16.4. The number of primary amides is 1. The van der Waals surface area contributed by atoms with Crippen LogP contribution in [-0.4, -0.2) is 252 Å². The lowest BCUT2D eigenvalue weighted by Gasteiger charge is -2.31. The number of amides is 15. The molecule has 0 aromatic carbocycles. The van der Waals surface area contributed by atoms with E-state index in [-0.39, 0.29) is 115 Å². The highest BCUT2D eigenvalue weighted by Crippen LogP contribution is 2.21. The van der Waals surface area contributed by atoms with Crippen molar-refractivity contribution >= 4 is 107 Å². The minimum atomic E-state index is -1.80. The number of carbonyl (C=O) groups excluding carboxylic acids is 15. The van der Waals surface area contributed by atoms with Crippen LogP contribution in [0.5, 0.6) is 0 Å². The lowest BCUT2D eigenvalue weighted by molar-refractivity contribution is -0.147. The summed E-state index contributed by atoms with van der Waals surface area (Å²) in [7, 11) is 0. The first-order valence-corrected chi connectivity index (χ1v) is 40.7. The quantitative estimate of drug-likeness (QED) is 0.0153. The molecule has 1 aliphatic heterocycles. The third-order valence-corrected chi connectivity index (χ3v) is 19.8. The fraction of sp³-hybridized carbons (Fsp3) is 0.760. The van der Waals surface area contributed by atoms with E-state index in [1.54, 1.807) is 55.4 Å². The molecule has 1 fully saturated rings. The van der Waals surface area contributed by atoms with Crippen molar-refractivity contribution in [3.05, 3.63) is 0 Å². The van der Waals surface area contributed by atoms with Crippen LogP contribution in [0.1, 0.15) is 210 Å². The molecule has 0 bridgehead atoms. The number of nitrogens with zero attached hydrogens (tertiary/aromatic N) is 2. The minimum absolute atomic E-state index is 0.00234. The van der Waals surface area contributed by atoms with Gasteiger partial charge in [-0.2, -0.15) is 0 Å². The van der Waals surface area contributed by atoms with E-state index in [4.69, 9.17) is 51.0 Å². The molecule has 1 rings (SSSR count). The van der Waals surface area contributed by atoms with Crippen LogP contribution in [-0.2, 0) is 81.5 Å². The molecule has 0 saturated carbocycles. The van der Waals surface area contributed by atoms with Gasteiger partial charge >= 0.3 is 11.9 Å². The second-order valence-corrected chi connectivity index (χ2v) is 30.6. The van der Waals surface area contributed by atoms with Crippen molar-refractivity contribution in [1.29, 1.82) is 0 Å². The Labute approximate surface area is 685 Å². The molecule has 0 unspecified atom stereocenters. The van der Waals surface area contributed by atoms with Gasteiger partial charge in [0, 0.05) is 19.5 Å². The van der Waals surface area contributed by atoms with E-state index in [1.807, 2.05) is 5.32 Å². The van der Waals surface area contributed by atoms with Crippen LogP contribution in [0, 0.1) is 23.7 Å². The molecule has 666 valence electrons. The Balaban J connectivity index is 3.69. The molecule has 117 heavy (non-hydrogen) atoms. The summed E-state index contributed by atoms with van der Waals surface area (Å²) in [5, 5.41) is 52.1. The Morgan fingerprint density at radius 1 is 0.436 bits per heavy atom. The second kappa shape index (κ2) is 56.4. The van der Waals surface area contributed by atoms with E-state index in [2.05, 4.69) is 68.8 Å². The summed E-state index contributed by atoms with van der Waals surface area (Å²) in [6.07, 6.45) is 2.36. The number of nitrogens with one attached hydrogen (secondary N) is 13. The molecular formula is C75H137N23O19. The first-order chi connectivity index (χ1) is 55.1. The van der Waals surface area contributed by atoms with Gasteiger partial charge in [-0.15, -0.1) is 0 Å². The van der Waals surface area contributed by atoms with E-state index < -0.39 is 229 Å². The molecule has 42 nitrogen and oxygen atoms in total. The van der Waals surface area contributed by atoms with Crippen LogP contribution >= 0.6 is 0 Å². The average Bonchev–Trinajstić information content (AvgIpc) is 1.80. The molecule has 15 amide bonds. The van der Waals surface area contributed by atoms with Crippen LogP contribution in [0.25, 0.3) is 0 Å². The van der Waals surface area contributed by atoms with Gasteiger partial charge in [0.2, 0.25) is 88.6 Å². The van der Waals surface area contributed by atoms with Crippen LogP contribution < -0.4 is 115 Å². The standard InChI is InChI=1S/C75H137N23O19/c1-11-42(7)59(96-67(109)50(27-21-35-84-75(82)83)91-69(111)54-28-22-36-98(54)73(115)44(9)80)71(113)92-48(25-15-19-33-78)63(105)90-49(26-16-20-34-79)66(108)97-60(43(8)12-2)72(114)95-58(41(5)6)70(112)93-51(29-30-55(81)99)65(107)89-46(23-13-17-31-76)62(104)88-47(24-14-18-32-77)64(106)94-52(37-40(3)4)68(110)86-45(10)61(103)85-39-56(100)87-53(74(116)117)38-57(101)102/h40-54,58-60H,11-39,76-80H2,1-10H3,(H2,81,99)(H,85,103)(H,86,110)(H,87,100)(H,88,104)(H,89,107)(H,90,105)(H,91,111)(H,92,113)(H,93,112)(H,94,106)(H,95,114)(H,96,109)(H,97,108)(H,101,102)(H,116,117)(H4,82,83,84)/t42-,43-,44-,45-,46-,47-,48-,49-,50-,51-,52-,53-,54-,58-,59-,60-/m0/s1. The van der Waals surface area contributed by atoms with Crippen molar-refractivity contribution < 1.29 is 91.7 Å². The van der Waals surface area contributed by atoms with E-state index in [9.17, 15) is 86.6 Å². The maximum atomic E-state index is 14.8. The number of guanidine groups is 1. The van der Waals surface area contributed by atoms with Crippen molar-refractivity contribution in [2.75, 3.05) is 45.8 Å². The van der Waals surface area contributed by atoms with E-state index in [0.717, 1.165) is 0 Å². The average molecular weight is 1670 g/mol. The van der Waals surface area contributed by atoms with Gasteiger partial charge in [-0.25, -0.2) is 4.79 Å². The van der Waals surface area contributed by atoms with Crippen LogP contribution in [0.15, 0.2) is 4.99 Å². The third kappa shape index (κ3) is 40.2. The fourth-order valence-electron chi connectivity index (χ4n) is 12.5. The molecule has 42 heteroatoms. The molecule has 16 atom stereocenters. The Bertz CT molecular complexity index is 3290. The van der Waals surface area contributed by atoms with Crippen molar-refractivity contribution in [1.82, 2.24) is 74.0 Å². The molecule has 0 aromatic rings. The first-order valence-electron chi connectivity index (χ1n) is 40.7. The predicted molar refractivity (Wildman–Crippen MR) is 433 cm³/mol. The van der Waals surface area contributed by atoms with E-state index >= 15 is 0 Å². The number of rotatable bonds is 60. The number of hydrogen-bond acceptors (Lipinski definition) is 23. The lowest BCUT2D eigenvalue weighted by atomic mass is 9.95. The van der Waals surface area contributed by atoms with Crippen molar-refractivity contribution in [2.24, 2.45) is 74.5 Å². The summed E-state index contributed by atoms with van der Waals surface area (Å²) in [5.74, 6) is -18.0. The van der Waals surface area contributed by atoms with Gasteiger partial charge in [0.15, 0.2) is 5.96 Å². The highest BCUT2D eigenvalue weighted by molar-refractivity contribution is 6.01. The smallest absolute Gasteiger partial charge is 0.326 e. The summed E-state index contributed by atoms with van der Waals surface area (Å²) in [4.78, 5) is 238. The van der Waals surface area contributed by atoms with Crippen molar-refractivity contribution in [3.63, 3.8) is 0 Å². The molecule has 1 aliphatic rings. The number of carboxylic acids is 2. The zero-order valence-corrected chi connectivity index (χ0v) is 69.7. The molecule has 31 N–H and O–H groups in total. The third-order valence-electron chi connectivity index (χ3n) is 19.8. The molecule has 0 aromatic heterocycles. The lowest BCUT2D eigenvalue weighted by Crippen LogP contribution is -2.62. The fourth-order valence-corrected chi connectivity index (χ4v) is 12.5. The zero-order valence-electron chi connectivity index (χ0n) is 69.7. The summed E-state index contributed by atoms with van der Waals surface area (Å²) in [6, 6.07) is -18.9. The number of nitrogens with two attached hydrogens (primary N) is 8. The Morgan fingerprint density at radius 2 is 0.812 bits per heavy atom. The zero-order chi connectivity index (χ0) is 88.8. The number of aliphatic imine (C=N–C) groups is 1. The number of carboxylic acid groups (broad SMARTS) is 2. The number of likely N-dealkylation sites (tertiary alicyclic amines) is 1. The van der Waals surface area contributed by atoms with Crippen LogP contribution in [0.4, 0.5) is 0 Å². The van der Waals surface area contributed by atoms with Gasteiger partial charge in [-0.1, -0.05) is 68.2 Å². The molecule has 1 saturated heterocycles. The maximum Gasteiger partial charge on any atom is 0.326 e. The summed E-state index contributed by atoms with van der Waals surface area (Å²) in [5.41, 5.74) is 46.0. The van der Waals surface area contributed by atoms with Crippen molar-refractivity contribution in [3.8, 4) is 0 Å². The van der Waals surface area contributed by atoms with Crippen LogP contribution in [0.3, 0.4) is 0 Å². The van der Waals surface area contributed by atoms with Gasteiger partial charge in [-0.3, -0.25) is 81.7 Å². The number of unbranched alkanes of at least 4 members (excludes halogenated alkanes) is 4. The largest absolute Gasteiger partial charge is 0.481 e. The SMILES string of the molecule is CC[C@H](C)[C@H](NC(=O)[C@H](CCCN=C(N)N)NC(=O)[C@@H]1CCCN1C(=O)[C@H](C)N)C(=O)N[C@@H](CCCCN)C(=O)N[C@@H](CCCCN)C(=O)N[C@H](C(=O)N[C@H](C(=O)N[C@@H](CCC(N)=O)C(=O)N[C@@H](CCCCN)C(=O)N[C@@H](CCCCN)C(=O)N[C@@H](CC(C)C)C(=O)N[C@@H](C)C(=O)NCC(=O)N[C@@H](CC(=O)O)C(=O)O)C(C)C)[C@@H](C)CC. The van der Waals surface area contributed by atoms with Crippen molar-refractivity contribution in [2.45, 2.75) is 295 Å². The van der Waals surface area contributed by atoms with E-state index in [1.165, 1.54) is 18.7 Å². The topological polar surface area (TPSA) is 711 Å². The van der Waals surface area contributed by atoms with Gasteiger partial charge in [0.05, 0.1) is 19.0 Å². The highest BCUT2D eigenvalue weighted by Gasteiger charge is 2.41. The van der Waals surface area contributed by atoms with E-state index in [0.29, 0.717) is 57.8 Å². The summed E-state index contributed by atoms with van der Waals surface area (Å²) in [6.45, 7) is 16.6. The predicted octanol–water partition coefficient (Wildman–Crippen LogP) is -5.53. The Morgan fingerprint density at radius 3 is 1.20 bits per heavy atom. The minimum Gasteiger partial charge on any atom is -0.481 e. The van der Waals surface area contributed by atoms with Gasteiger partial charge < -0.3 is 130 Å². The van der Waals surface area contributed by atoms with Crippen LogP contribution in [0.2, 0.25) is 0 Å². The summed E-state index contributed by atoms with van der Waals surface area (Å²) >= 11 is 0. The molecule has 0 spiro atoms. The Kier molecular flexibility index (Phi) is 50.7. The summed E-state index contributed by atoms with van der Waals surface area (Å²) < 4.78 is 0. The van der Waals surface area contributed by atoms with Gasteiger partial charge in [-0.05, 0) is 179 Å². The molecule has 1 heterocycles. The molecule has 0 aliphatic carbocycles. The van der Waals surface area contributed by atoms with Gasteiger partial charge in [0.25, 0.3) is 0 Å². The second-order valence-electron chi connectivity index (χ2n) is 30.6. The Hall–Kier alpha value is -9.94. The highest BCUT2D eigenvalue weighted by atomic mass is 16.4. The van der Waals surface area contributed by atoms with Gasteiger partial charge in [0.1, 0.15) is 78.5 Å². The number of hydrogen-bond donors (Lipinski definition) is 23. The number of carbonyl (C=O) groups is 17. The first kappa shape index (κ1) is 105. The molecule has 0 radical (unpaired) electrons. The number of aliphatic carboxylic acids is 2. The molecular weight excluding hydrogens is 1530 g/mol. The monoisotopic (exact) mass is 1660 g/mol.